The summed E-state index contributed by atoms with van der Waals surface area (Å²) in [6, 6.07) is 30.5. The van der Waals surface area contributed by atoms with Crippen molar-refractivity contribution < 1.29 is 23.7 Å². The molecule has 240 valence electrons. The molecular weight excluding hydrogens is 627 g/mol. The van der Waals surface area contributed by atoms with Crippen LogP contribution in [0.25, 0.3) is 11.8 Å². The fraction of sp³-hybridized carbons (Fsp3) is 0.158. The average molecular weight is 658 g/mol. The molecule has 48 heavy (non-hydrogen) atoms. The molecule has 0 fully saturated rings. The van der Waals surface area contributed by atoms with Crippen molar-refractivity contribution >= 4 is 29.1 Å². The van der Waals surface area contributed by atoms with Gasteiger partial charge in [-0.2, -0.15) is 5.26 Å². The van der Waals surface area contributed by atoms with Gasteiger partial charge in [-0.05, 0) is 54.5 Å². The number of fused-ring (bicyclic) bond motifs is 1. The summed E-state index contributed by atoms with van der Waals surface area (Å²) < 4.78 is 24.8. The fourth-order valence-corrected chi connectivity index (χ4v) is 6.47. The van der Waals surface area contributed by atoms with Crippen molar-refractivity contribution in [3.05, 3.63) is 150 Å². The van der Waals surface area contributed by atoms with E-state index in [0.717, 1.165) is 11.1 Å². The predicted octanol–water partition coefficient (Wildman–Crippen LogP) is 5.40. The highest BCUT2D eigenvalue weighted by molar-refractivity contribution is 7.07. The first-order valence-corrected chi connectivity index (χ1v) is 16.0. The number of para-hydroxylation sites is 1. The highest BCUT2D eigenvalue weighted by Gasteiger charge is 2.35. The van der Waals surface area contributed by atoms with Crippen molar-refractivity contribution in [1.29, 1.82) is 5.26 Å². The zero-order chi connectivity index (χ0) is 33.6. The fourth-order valence-electron chi connectivity index (χ4n) is 5.48. The molecule has 0 saturated heterocycles. The van der Waals surface area contributed by atoms with E-state index in [0.29, 0.717) is 49.0 Å². The van der Waals surface area contributed by atoms with Crippen molar-refractivity contribution in [2.45, 2.75) is 19.6 Å². The lowest BCUT2D eigenvalue weighted by Gasteiger charge is -2.26. The Hall–Kier alpha value is -5.92. The lowest BCUT2D eigenvalue weighted by molar-refractivity contribution is -0.138. The zero-order valence-electron chi connectivity index (χ0n) is 26.5. The third kappa shape index (κ3) is 6.36. The summed E-state index contributed by atoms with van der Waals surface area (Å²) in [6.07, 6.45) is 1.75. The van der Waals surface area contributed by atoms with Gasteiger partial charge < -0.3 is 18.9 Å². The molecule has 1 aliphatic heterocycles. The van der Waals surface area contributed by atoms with Crippen LogP contribution in [0.4, 0.5) is 0 Å². The number of benzene rings is 4. The Morgan fingerprint density at radius 1 is 0.958 bits per heavy atom. The molecule has 0 unspecified atom stereocenters. The number of carbonyl (C=O) groups is 1. The van der Waals surface area contributed by atoms with Crippen LogP contribution in [0.15, 0.2) is 112 Å². The van der Waals surface area contributed by atoms with Gasteiger partial charge in [-0.3, -0.25) is 9.36 Å². The largest absolute Gasteiger partial charge is 0.497 e. The third-order valence-corrected chi connectivity index (χ3v) is 8.77. The van der Waals surface area contributed by atoms with E-state index in [-0.39, 0.29) is 24.3 Å². The summed E-state index contributed by atoms with van der Waals surface area (Å²) in [5.41, 5.74) is 3.85. The van der Waals surface area contributed by atoms with Crippen LogP contribution in [0.3, 0.4) is 0 Å². The van der Waals surface area contributed by atoms with E-state index in [2.05, 4.69) is 6.07 Å². The molecule has 4 aromatic carbocycles. The van der Waals surface area contributed by atoms with Crippen LogP contribution >= 0.6 is 11.3 Å². The summed E-state index contributed by atoms with van der Waals surface area (Å²) in [5, 5.41) is 9.14. The van der Waals surface area contributed by atoms with Gasteiger partial charge in [-0.15, -0.1) is 0 Å². The first kappa shape index (κ1) is 32.0. The number of ether oxygens (including phenoxy) is 4. The standard InChI is InChI=1S/C38H31N3O6S/c1-4-46-37(43)32-33(26-9-6-5-7-10-26)40-38-41(34(32)27-17-19-29(44-2)20-18-27)36(42)31(48-38)21-28-11-8-12-30(45-3)35(28)47-23-25-15-13-24(22-39)14-16-25/h5-21,34H,4,23H2,1-3H3/b31-21-/t34-/m0/s1. The Kier molecular flexibility index (Phi) is 9.50. The van der Waals surface area contributed by atoms with Crippen LogP contribution in [0, 0.1) is 11.3 Å². The molecule has 1 aromatic heterocycles. The molecule has 0 N–H and O–H groups in total. The molecular formula is C38H31N3O6S. The van der Waals surface area contributed by atoms with Gasteiger partial charge in [0.1, 0.15) is 12.4 Å². The van der Waals surface area contributed by atoms with Crippen LogP contribution < -0.4 is 29.1 Å². The minimum Gasteiger partial charge on any atom is -0.497 e. The number of nitrogens with zero attached hydrogens (tertiary/aromatic N) is 3. The van der Waals surface area contributed by atoms with Gasteiger partial charge >= 0.3 is 5.97 Å². The SMILES string of the molecule is CCOC(=O)C1=C(c2ccccc2)N=c2s/c(=C\c3cccc(OC)c3OCc3ccc(C#N)cc3)c(=O)n2[C@H]1c1ccc(OC)cc1. The number of nitriles is 1. The van der Waals surface area contributed by atoms with E-state index < -0.39 is 12.0 Å². The Balaban J connectivity index is 1.53. The lowest BCUT2D eigenvalue weighted by Crippen LogP contribution is -2.40. The van der Waals surface area contributed by atoms with Gasteiger partial charge in [0.25, 0.3) is 5.56 Å². The van der Waals surface area contributed by atoms with Crippen LogP contribution in [-0.2, 0) is 16.1 Å². The van der Waals surface area contributed by atoms with E-state index in [1.807, 2.05) is 66.7 Å². The molecule has 0 amide bonds. The zero-order valence-corrected chi connectivity index (χ0v) is 27.3. The van der Waals surface area contributed by atoms with Gasteiger partial charge in [0.05, 0.1) is 54.3 Å². The van der Waals surface area contributed by atoms with E-state index >= 15 is 0 Å². The molecule has 1 aliphatic rings. The number of aromatic nitrogens is 1. The molecule has 1 atom stereocenters. The van der Waals surface area contributed by atoms with Crippen molar-refractivity contribution in [1.82, 2.24) is 4.57 Å². The predicted molar refractivity (Wildman–Crippen MR) is 183 cm³/mol. The summed E-state index contributed by atoms with van der Waals surface area (Å²) in [7, 11) is 3.13. The second-order valence-corrected chi connectivity index (χ2v) is 11.7. The number of hydrogen-bond donors (Lipinski definition) is 0. The maximum Gasteiger partial charge on any atom is 0.338 e. The lowest BCUT2D eigenvalue weighted by atomic mass is 9.93. The number of carbonyl (C=O) groups excluding carboxylic acids is 1. The van der Waals surface area contributed by atoms with E-state index in [9.17, 15) is 9.59 Å². The molecule has 10 heteroatoms. The number of methoxy groups -OCH3 is 2. The molecule has 6 rings (SSSR count). The van der Waals surface area contributed by atoms with Gasteiger partial charge in [-0.1, -0.05) is 78.1 Å². The minimum atomic E-state index is -0.819. The Labute approximate surface area is 280 Å². The highest BCUT2D eigenvalue weighted by Crippen LogP contribution is 2.36. The van der Waals surface area contributed by atoms with Crippen LogP contribution in [0.1, 0.15) is 40.8 Å². The first-order valence-electron chi connectivity index (χ1n) is 15.2. The average Bonchev–Trinajstić information content (AvgIpc) is 3.44. The summed E-state index contributed by atoms with van der Waals surface area (Å²) in [4.78, 5) is 33.4. The molecule has 0 aliphatic carbocycles. The second kappa shape index (κ2) is 14.2. The molecule has 0 radical (unpaired) electrons. The summed E-state index contributed by atoms with van der Waals surface area (Å²) >= 11 is 1.22. The first-order chi connectivity index (χ1) is 23.4. The molecule has 0 bridgehead atoms. The number of rotatable bonds is 10. The van der Waals surface area contributed by atoms with Gasteiger partial charge in [0, 0.05) is 11.1 Å². The molecule has 0 spiro atoms. The molecule has 5 aromatic rings. The maximum absolute atomic E-state index is 14.4. The summed E-state index contributed by atoms with van der Waals surface area (Å²) in [5.74, 6) is 1.04. The van der Waals surface area contributed by atoms with Gasteiger partial charge in [-0.25, -0.2) is 9.79 Å². The quantitative estimate of drug-likeness (QED) is 0.185. The Morgan fingerprint density at radius 2 is 1.71 bits per heavy atom. The van der Waals surface area contributed by atoms with Gasteiger partial charge in [0.2, 0.25) is 0 Å². The topological polar surface area (TPSA) is 112 Å². The highest BCUT2D eigenvalue weighted by atomic mass is 32.1. The van der Waals surface area contributed by atoms with Crippen LogP contribution in [-0.4, -0.2) is 31.4 Å². The second-order valence-electron chi connectivity index (χ2n) is 10.7. The van der Waals surface area contributed by atoms with E-state index in [4.69, 9.17) is 29.2 Å². The molecule has 2 heterocycles. The Bertz CT molecular complexity index is 2210. The minimum absolute atomic E-state index is 0.158. The third-order valence-electron chi connectivity index (χ3n) is 7.79. The summed E-state index contributed by atoms with van der Waals surface area (Å²) in [6.45, 7) is 2.12. The normalized spacial score (nSPS) is 14.0. The monoisotopic (exact) mass is 657 g/mol. The van der Waals surface area contributed by atoms with E-state index in [1.165, 1.54) is 11.3 Å². The van der Waals surface area contributed by atoms with Crippen molar-refractivity contribution in [2.24, 2.45) is 4.99 Å². The van der Waals surface area contributed by atoms with E-state index in [1.54, 1.807) is 62.1 Å². The molecule has 9 nitrogen and oxygen atoms in total. The van der Waals surface area contributed by atoms with Crippen molar-refractivity contribution in [3.8, 4) is 23.3 Å². The van der Waals surface area contributed by atoms with Crippen molar-refractivity contribution in [2.75, 3.05) is 20.8 Å². The number of thiazole rings is 1. The van der Waals surface area contributed by atoms with Crippen molar-refractivity contribution in [3.63, 3.8) is 0 Å². The number of esters is 1. The Morgan fingerprint density at radius 3 is 2.38 bits per heavy atom. The molecule has 0 saturated carbocycles. The smallest absolute Gasteiger partial charge is 0.338 e. The number of hydrogen-bond acceptors (Lipinski definition) is 9. The van der Waals surface area contributed by atoms with Crippen LogP contribution in [0.5, 0.6) is 17.2 Å². The van der Waals surface area contributed by atoms with Gasteiger partial charge in [0.15, 0.2) is 16.3 Å². The van der Waals surface area contributed by atoms with Crippen LogP contribution in [0.2, 0.25) is 0 Å². The maximum atomic E-state index is 14.4.